The number of benzene rings is 1. The molecule has 0 spiro atoms. The standard InChI is InChI=1S/C15H23NO2/c1-4-18-13-9-12(14(17-3)8-11(13)2)15(10-16)6-5-7-15/h8-9H,4-7,10,16H2,1-3H3. The van der Waals surface area contributed by atoms with Gasteiger partial charge in [0.15, 0.2) is 0 Å². The summed E-state index contributed by atoms with van der Waals surface area (Å²) in [5, 5.41) is 0. The molecular formula is C15H23NO2. The van der Waals surface area contributed by atoms with E-state index in [4.69, 9.17) is 15.2 Å². The van der Waals surface area contributed by atoms with Crippen LogP contribution in [0.5, 0.6) is 11.5 Å². The lowest BCUT2D eigenvalue weighted by Crippen LogP contribution is -2.41. The molecule has 1 saturated carbocycles. The third kappa shape index (κ3) is 2.07. The molecule has 0 atom stereocenters. The van der Waals surface area contributed by atoms with Crippen molar-refractivity contribution in [3.63, 3.8) is 0 Å². The predicted octanol–water partition coefficient (Wildman–Crippen LogP) is 2.78. The van der Waals surface area contributed by atoms with Gasteiger partial charge in [0.25, 0.3) is 0 Å². The molecule has 0 unspecified atom stereocenters. The van der Waals surface area contributed by atoms with Gasteiger partial charge in [-0.1, -0.05) is 6.42 Å². The Kier molecular flexibility index (Phi) is 3.81. The summed E-state index contributed by atoms with van der Waals surface area (Å²) in [6, 6.07) is 4.19. The number of methoxy groups -OCH3 is 1. The van der Waals surface area contributed by atoms with Gasteiger partial charge in [0.1, 0.15) is 11.5 Å². The van der Waals surface area contributed by atoms with Crippen LogP contribution in [0.1, 0.15) is 37.3 Å². The fraction of sp³-hybridized carbons (Fsp3) is 0.600. The predicted molar refractivity (Wildman–Crippen MR) is 73.5 cm³/mol. The number of ether oxygens (including phenoxy) is 2. The molecule has 1 aromatic rings. The summed E-state index contributed by atoms with van der Waals surface area (Å²) in [5.41, 5.74) is 8.42. The van der Waals surface area contributed by atoms with E-state index in [1.165, 1.54) is 12.0 Å². The van der Waals surface area contributed by atoms with E-state index in [0.717, 1.165) is 29.9 Å². The minimum atomic E-state index is 0.102. The lowest BCUT2D eigenvalue weighted by atomic mass is 9.64. The van der Waals surface area contributed by atoms with Crippen LogP contribution in [0.2, 0.25) is 0 Å². The number of hydrogen-bond donors (Lipinski definition) is 1. The maximum Gasteiger partial charge on any atom is 0.123 e. The first-order chi connectivity index (χ1) is 8.66. The Bertz CT molecular complexity index is 419. The smallest absolute Gasteiger partial charge is 0.123 e. The van der Waals surface area contributed by atoms with Gasteiger partial charge >= 0.3 is 0 Å². The minimum Gasteiger partial charge on any atom is -0.496 e. The molecule has 0 aromatic heterocycles. The molecule has 3 nitrogen and oxygen atoms in total. The van der Waals surface area contributed by atoms with E-state index in [1.54, 1.807) is 7.11 Å². The minimum absolute atomic E-state index is 0.102. The first kappa shape index (κ1) is 13.2. The molecule has 0 radical (unpaired) electrons. The van der Waals surface area contributed by atoms with Crippen LogP contribution in [-0.2, 0) is 5.41 Å². The molecule has 0 amide bonds. The summed E-state index contributed by atoms with van der Waals surface area (Å²) >= 11 is 0. The topological polar surface area (TPSA) is 44.5 Å². The van der Waals surface area contributed by atoms with Crippen molar-refractivity contribution >= 4 is 0 Å². The van der Waals surface area contributed by atoms with E-state index in [1.807, 2.05) is 13.8 Å². The summed E-state index contributed by atoms with van der Waals surface area (Å²) in [4.78, 5) is 0. The average molecular weight is 249 g/mol. The lowest BCUT2D eigenvalue weighted by molar-refractivity contribution is 0.241. The second-order valence-corrected chi connectivity index (χ2v) is 5.09. The van der Waals surface area contributed by atoms with Crippen molar-refractivity contribution in [2.24, 2.45) is 5.73 Å². The highest BCUT2D eigenvalue weighted by atomic mass is 16.5. The Morgan fingerprint density at radius 3 is 2.44 bits per heavy atom. The summed E-state index contributed by atoms with van der Waals surface area (Å²) in [6.07, 6.45) is 3.54. The molecule has 2 N–H and O–H groups in total. The third-order valence-corrected chi connectivity index (χ3v) is 4.07. The van der Waals surface area contributed by atoms with Gasteiger partial charge in [-0.05, 0) is 44.4 Å². The third-order valence-electron chi connectivity index (χ3n) is 4.07. The van der Waals surface area contributed by atoms with E-state index in [-0.39, 0.29) is 5.41 Å². The maximum atomic E-state index is 5.99. The van der Waals surface area contributed by atoms with Crippen LogP contribution in [0.4, 0.5) is 0 Å². The average Bonchev–Trinajstić information content (AvgIpc) is 2.32. The van der Waals surface area contributed by atoms with Crippen LogP contribution in [0.15, 0.2) is 12.1 Å². The van der Waals surface area contributed by atoms with Gasteiger partial charge in [-0.25, -0.2) is 0 Å². The van der Waals surface area contributed by atoms with Crippen molar-refractivity contribution in [2.45, 2.75) is 38.5 Å². The maximum absolute atomic E-state index is 5.99. The molecule has 1 aliphatic carbocycles. The highest BCUT2D eigenvalue weighted by Gasteiger charge is 2.39. The Hall–Kier alpha value is -1.22. The largest absolute Gasteiger partial charge is 0.496 e. The van der Waals surface area contributed by atoms with Crippen LogP contribution in [0.3, 0.4) is 0 Å². The molecule has 0 heterocycles. The van der Waals surface area contributed by atoms with Crippen LogP contribution in [-0.4, -0.2) is 20.3 Å². The van der Waals surface area contributed by atoms with Crippen LogP contribution in [0.25, 0.3) is 0 Å². The molecule has 1 aromatic carbocycles. The zero-order valence-corrected chi connectivity index (χ0v) is 11.6. The fourth-order valence-corrected chi connectivity index (χ4v) is 2.74. The Labute approximate surface area is 109 Å². The zero-order chi connectivity index (χ0) is 13.2. The highest BCUT2D eigenvalue weighted by Crippen LogP contribution is 2.48. The summed E-state index contributed by atoms with van der Waals surface area (Å²) in [7, 11) is 1.72. The molecule has 0 saturated heterocycles. The molecule has 18 heavy (non-hydrogen) atoms. The summed E-state index contributed by atoms with van der Waals surface area (Å²) in [6.45, 7) is 5.42. The molecule has 2 rings (SSSR count). The fourth-order valence-electron chi connectivity index (χ4n) is 2.74. The molecule has 100 valence electrons. The number of aryl methyl sites for hydroxylation is 1. The van der Waals surface area contributed by atoms with E-state index >= 15 is 0 Å². The second kappa shape index (κ2) is 5.19. The number of nitrogens with two attached hydrogens (primary N) is 1. The quantitative estimate of drug-likeness (QED) is 0.872. The Morgan fingerprint density at radius 2 is 2.00 bits per heavy atom. The SMILES string of the molecule is CCOc1cc(C2(CN)CCC2)c(OC)cc1C. The monoisotopic (exact) mass is 249 g/mol. The van der Waals surface area contributed by atoms with Gasteiger partial charge in [-0.3, -0.25) is 0 Å². The summed E-state index contributed by atoms with van der Waals surface area (Å²) in [5.74, 6) is 1.90. The molecule has 3 heteroatoms. The van der Waals surface area contributed by atoms with E-state index < -0.39 is 0 Å². The van der Waals surface area contributed by atoms with Gasteiger partial charge < -0.3 is 15.2 Å². The highest BCUT2D eigenvalue weighted by molar-refractivity contribution is 5.50. The Morgan fingerprint density at radius 1 is 1.28 bits per heavy atom. The van der Waals surface area contributed by atoms with Crippen LogP contribution >= 0.6 is 0 Å². The number of rotatable bonds is 5. The normalized spacial score (nSPS) is 17.1. The van der Waals surface area contributed by atoms with E-state index in [2.05, 4.69) is 12.1 Å². The van der Waals surface area contributed by atoms with Gasteiger partial charge in [0.2, 0.25) is 0 Å². The molecule has 1 aliphatic rings. The van der Waals surface area contributed by atoms with Crippen molar-refractivity contribution in [1.29, 1.82) is 0 Å². The zero-order valence-electron chi connectivity index (χ0n) is 11.6. The van der Waals surface area contributed by atoms with Crippen molar-refractivity contribution in [1.82, 2.24) is 0 Å². The van der Waals surface area contributed by atoms with Gasteiger partial charge in [-0.2, -0.15) is 0 Å². The van der Waals surface area contributed by atoms with Crippen molar-refractivity contribution in [2.75, 3.05) is 20.3 Å². The summed E-state index contributed by atoms with van der Waals surface area (Å²) < 4.78 is 11.2. The van der Waals surface area contributed by atoms with Crippen molar-refractivity contribution < 1.29 is 9.47 Å². The lowest BCUT2D eigenvalue weighted by Gasteiger charge is -2.42. The van der Waals surface area contributed by atoms with E-state index in [9.17, 15) is 0 Å². The van der Waals surface area contributed by atoms with Crippen LogP contribution in [0, 0.1) is 6.92 Å². The van der Waals surface area contributed by atoms with E-state index in [0.29, 0.717) is 13.2 Å². The van der Waals surface area contributed by atoms with Crippen molar-refractivity contribution in [3.05, 3.63) is 23.3 Å². The van der Waals surface area contributed by atoms with Gasteiger partial charge in [-0.15, -0.1) is 0 Å². The molecular weight excluding hydrogens is 226 g/mol. The van der Waals surface area contributed by atoms with Gasteiger partial charge in [0, 0.05) is 17.5 Å². The first-order valence-corrected chi connectivity index (χ1v) is 6.69. The van der Waals surface area contributed by atoms with Gasteiger partial charge in [0.05, 0.1) is 13.7 Å². The van der Waals surface area contributed by atoms with Crippen LogP contribution < -0.4 is 15.2 Å². The molecule has 1 fully saturated rings. The second-order valence-electron chi connectivity index (χ2n) is 5.09. The molecule has 0 aliphatic heterocycles. The first-order valence-electron chi connectivity index (χ1n) is 6.69. The molecule has 0 bridgehead atoms. The number of hydrogen-bond acceptors (Lipinski definition) is 3. The van der Waals surface area contributed by atoms with Crippen molar-refractivity contribution in [3.8, 4) is 11.5 Å². The Balaban J connectivity index is 2.46.